The molecule has 2 aromatic rings. The van der Waals surface area contributed by atoms with Crippen LogP contribution in [-0.2, 0) is 6.42 Å². The van der Waals surface area contributed by atoms with Gasteiger partial charge in [-0.25, -0.2) is 4.39 Å². The lowest BCUT2D eigenvalue weighted by Crippen LogP contribution is -2.25. The summed E-state index contributed by atoms with van der Waals surface area (Å²) in [6, 6.07) is 5.87. The second kappa shape index (κ2) is 5.97. The number of aryl methyl sites for hydroxylation is 1. The minimum absolute atomic E-state index is 0.281. The molecule has 1 aromatic heterocycles. The van der Waals surface area contributed by atoms with Crippen molar-refractivity contribution in [2.24, 2.45) is 0 Å². The Kier molecular flexibility index (Phi) is 4.31. The maximum Gasteiger partial charge on any atom is 0.251 e. The summed E-state index contributed by atoms with van der Waals surface area (Å²) in [7, 11) is 0. The summed E-state index contributed by atoms with van der Waals surface area (Å²) in [5.41, 5.74) is 1.06. The molecule has 0 aliphatic carbocycles. The number of benzene rings is 1. The highest BCUT2D eigenvalue weighted by Crippen LogP contribution is 2.14. The van der Waals surface area contributed by atoms with E-state index >= 15 is 0 Å². The molecule has 0 bridgehead atoms. The third kappa shape index (κ3) is 3.89. The van der Waals surface area contributed by atoms with E-state index in [0.29, 0.717) is 17.4 Å². The molecule has 100 valence electrons. The Bertz CT molecular complexity index is 578. The highest BCUT2D eigenvalue weighted by molar-refractivity contribution is 9.10. The molecule has 1 N–H and O–H groups in total. The fourth-order valence-corrected chi connectivity index (χ4v) is 2.09. The number of nitrogens with one attached hydrogen (secondary N) is 1. The Morgan fingerprint density at radius 2 is 2.21 bits per heavy atom. The number of carbonyl (C=O) groups excluding carboxylic acids is 1. The van der Waals surface area contributed by atoms with Crippen LogP contribution in [0.25, 0.3) is 0 Å². The first-order valence-electron chi connectivity index (χ1n) is 5.71. The summed E-state index contributed by atoms with van der Waals surface area (Å²) in [5, 5.41) is 6.52. The zero-order valence-electron chi connectivity index (χ0n) is 10.2. The molecule has 0 radical (unpaired) electrons. The number of carbonyl (C=O) groups is 1. The topological polar surface area (TPSA) is 55.1 Å². The fourth-order valence-electron chi connectivity index (χ4n) is 1.63. The van der Waals surface area contributed by atoms with E-state index in [1.54, 1.807) is 13.0 Å². The van der Waals surface area contributed by atoms with Crippen LogP contribution in [0.3, 0.4) is 0 Å². The van der Waals surface area contributed by atoms with Crippen LogP contribution in [0.5, 0.6) is 0 Å². The van der Waals surface area contributed by atoms with Gasteiger partial charge >= 0.3 is 0 Å². The van der Waals surface area contributed by atoms with Gasteiger partial charge in [-0.05, 0) is 25.1 Å². The average molecular weight is 327 g/mol. The summed E-state index contributed by atoms with van der Waals surface area (Å²) in [6.07, 6.45) is 0.569. The number of hydrogen-bond acceptors (Lipinski definition) is 3. The summed E-state index contributed by atoms with van der Waals surface area (Å²) >= 11 is 3.15. The first-order valence-corrected chi connectivity index (χ1v) is 6.50. The van der Waals surface area contributed by atoms with Gasteiger partial charge in [0.05, 0.1) is 5.69 Å². The van der Waals surface area contributed by atoms with Gasteiger partial charge in [0.15, 0.2) is 0 Å². The monoisotopic (exact) mass is 326 g/mol. The Hall–Kier alpha value is -1.69. The van der Waals surface area contributed by atoms with Crippen LogP contribution in [0.2, 0.25) is 0 Å². The molecule has 0 fully saturated rings. The lowest BCUT2D eigenvalue weighted by Gasteiger charge is -2.04. The van der Waals surface area contributed by atoms with Gasteiger partial charge in [-0.2, -0.15) is 0 Å². The first-order chi connectivity index (χ1) is 9.04. The van der Waals surface area contributed by atoms with Crippen molar-refractivity contribution in [2.45, 2.75) is 13.3 Å². The molecule has 4 nitrogen and oxygen atoms in total. The van der Waals surface area contributed by atoms with Crippen LogP contribution in [0.4, 0.5) is 4.39 Å². The molecule has 0 aliphatic heterocycles. The molecule has 0 spiro atoms. The maximum atomic E-state index is 13.1. The van der Waals surface area contributed by atoms with Gasteiger partial charge in [0, 0.05) is 29.1 Å². The van der Waals surface area contributed by atoms with Crippen molar-refractivity contribution in [3.05, 3.63) is 51.6 Å². The van der Waals surface area contributed by atoms with Gasteiger partial charge in [-0.15, -0.1) is 0 Å². The van der Waals surface area contributed by atoms with Gasteiger partial charge in [-0.1, -0.05) is 21.1 Å². The SMILES string of the molecule is Cc1cc(CCNC(=O)c2cc(F)cc(Br)c2)no1. The maximum absolute atomic E-state index is 13.1. The van der Waals surface area contributed by atoms with Gasteiger partial charge < -0.3 is 9.84 Å². The third-order valence-electron chi connectivity index (χ3n) is 2.47. The van der Waals surface area contributed by atoms with Crippen molar-refractivity contribution >= 4 is 21.8 Å². The third-order valence-corrected chi connectivity index (χ3v) is 2.93. The molecule has 6 heteroatoms. The highest BCUT2D eigenvalue weighted by Gasteiger charge is 2.08. The second-order valence-corrected chi connectivity index (χ2v) is 5.01. The molecule has 0 saturated heterocycles. The van der Waals surface area contributed by atoms with E-state index in [1.807, 2.05) is 6.07 Å². The molecular weight excluding hydrogens is 315 g/mol. The van der Waals surface area contributed by atoms with Crippen LogP contribution in [0, 0.1) is 12.7 Å². The van der Waals surface area contributed by atoms with Crippen LogP contribution in [0.15, 0.2) is 33.3 Å². The minimum atomic E-state index is -0.452. The Balaban J connectivity index is 1.90. The van der Waals surface area contributed by atoms with Crippen molar-refractivity contribution in [3.8, 4) is 0 Å². The molecule has 0 aliphatic rings. The van der Waals surface area contributed by atoms with E-state index in [4.69, 9.17) is 4.52 Å². The number of rotatable bonds is 4. The standard InChI is InChI=1S/C13H12BrFN2O2/c1-8-4-12(17-19-8)2-3-16-13(18)9-5-10(14)7-11(15)6-9/h4-7H,2-3H2,1H3,(H,16,18). The van der Waals surface area contributed by atoms with Crippen molar-refractivity contribution < 1.29 is 13.7 Å². The van der Waals surface area contributed by atoms with Gasteiger partial charge in [0.25, 0.3) is 5.91 Å². The van der Waals surface area contributed by atoms with Crippen molar-refractivity contribution in [1.29, 1.82) is 0 Å². The fraction of sp³-hybridized carbons (Fsp3) is 0.231. The normalized spacial score (nSPS) is 10.5. The highest BCUT2D eigenvalue weighted by atomic mass is 79.9. The van der Waals surface area contributed by atoms with Crippen LogP contribution < -0.4 is 5.32 Å². The summed E-state index contributed by atoms with van der Waals surface area (Å²) in [5.74, 6) is -0.0394. The lowest BCUT2D eigenvalue weighted by molar-refractivity contribution is 0.0953. The molecule has 2 rings (SSSR count). The number of aromatic nitrogens is 1. The summed E-state index contributed by atoms with van der Waals surface area (Å²) in [6.45, 7) is 2.22. The molecule has 1 amide bonds. The Labute approximate surface area is 118 Å². The summed E-state index contributed by atoms with van der Waals surface area (Å²) in [4.78, 5) is 11.8. The molecule has 0 saturated carbocycles. The molecular formula is C13H12BrFN2O2. The van der Waals surface area contributed by atoms with Crippen LogP contribution in [-0.4, -0.2) is 17.6 Å². The van der Waals surface area contributed by atoms with E-state index in [-0.39, 0.29) is 11.5 Å². The average Bonchev–Trinajstić information content (AvgIpc) is 2.73. The molecule has 19 heavy (non-hydrogen) atoms. The molecule has 0 atom stereocenters. The predicted octanol–water partition coefficient (Wildman–Crippen LogP) is 2.86. The van der Waals surface area contributed by atoms with E-state index in [0.717, 1.165) is 11.5 Å². The predicted molar refractivity (Wildman–Crippen MR) is 71.4 cm³/mol. The van der Waals surface area contributed by atoms with Crippen molar-refractivity contribution in [3.63, 3.8) is 0 Å². The zero-order chi connectivity index (χ0) is 13.8. The van der Waals surface area contributed by atoms with E-state index in [9.17, 15) is 9.18 Å². The number of halogens is 2. The zero-order valence-corrected chi connectivity index (χ0v) is 11.8. The first kappa shape index (κ1) is 13.7. The smallest absolute Gasteiger partial charge is 0.251 e. The second-order valence-electron chi connectivity index (χ2n) is 4.09. The lowest BCUT2D eigenvalue weighted by atomic mass is 10.2. The number of nitrogens with zero attached hydrogens (tertiary/aromatic N) is 1. The van der Waals surface area contributed by atoms with E-state index in [1.165, 1.54) is 12.1 Å². The molecule has 1 aromatic carbocycles. The van der Waals surface area contributed by atoms with Gasteiger partial charge in [0.2, 0.25) is 0 Å². The van der Waals surface area contributed by atoms with Gasteiger partial charge in [-0.3, -0.25) is 4.79 Å². The number of hydrogen-bond donors (Lipinski definition) is 1. The van der Waals surface area contributed by atoms with Crippen LogP contribution in [0.1, 0.15) is 21.8 Å². The quantitative estimate of drug-likeness (QED) is 0.939. The van der Waals surface area contributed by atoms with Crippen molar-refractivity contribution in [1.82, 2.24) is 10.5 Å². The summed E-state index contributed by atoms with van der Waals surface area (Å²) < 4.78 is 18.6. The van der Waals surface area contributed by atoms with E-state index in [2.05, 4.69) is 26.4 Å². The Morgan fingerprint density at radius 3 is 2.84 bits per heavy atom. The number of amides is 1. The van der Waals surface area contributed by atoms with Crippen molar-refractivity contribution in [2.75, 3.05) is 6.54 Å². The van der Waals surface area contributed by atoms with Crippen LogP contribution >= 0.6 is 15.9 Å². The minimum Gasteiger partial charge on any atom is -0.361 e. The molecule has 1 heterocycles. The van der Waals surface area contributed by atoms with E-state index < -0.39 is 5.82 Å². The largest absolute Gasteiger partial charge is 0.361 e. The molecule has 0 unspecified atom stereocenters. The van der Waals surface area contributed by atoms with Gasteiger partial charge in [0.1, 0.15) is 11.6 Å². The Morgan fingerprint density at radius 1 is 1.42 bits per heavy atom.